The average molecular weight is 331 g/mol. The molecule has 3 heterocycles. The highest BCUT2D eigenvalue weighted by Gasteiger charge is 2.35. The van der Waals surface area contributed by atoms with Crippen LogP contribution in [-0.4, -0.2) is 41.7 Å². The SMILES string of the molecule is Cc1noc2ncnc(N3CC(CS(=O)(=O)Cl)CC3=O)c12. The monoisotopic (exact) mass is 330 g/mol. The first kappa shape index (κ1) is 14.2. The van der Waals surface area contributed by atoms with Crippen molar-refractivity contribution < 1.29 is 17.7 Å². The summed E-state index contributed by atoms with van der Waals surface area (Å²) in [5, 5.41) is 4.35. The summed E-state index contributed by atoms with van der Waals surface area (Å²) in [6.07, 6.45) is 1.39. The fraction of sp³-hybridized carbons (Fsp3) is 0.455. The van der Waals surface area contributed by atoms with Crippen LogP contribution in [0.5, 0.6) is 0 Å². The molecule has 3 rings (SSSR count). The van der Waals surface area contributed by atoms with E-state index in [9.17, 15) is 13.2 Å². The molecular formula is C11H11ClN4O4S. The van der Waals surface area contributed by atoms with Gasteiger partial charge in [0.2, 0.25) is 15.0 Å². The number of halogens is 1. The van der Waals surface area contributed by atoms with Gasteiger partial charge in [-0.2, -0.15) is 4.98 Å². The van der Waals surface area contributed by atoms with Crippen LogP contribution in [0.3, 0.4) is 0 Å². The zero-order chi connectivity index (χ0) is 15.2. The van der Waals surface area contributed by atoms with Crippen LogP contribution in [0.15, 0.2) is 10.9 Å². The molecule has 2 aromatic heterocycles. The molecule has 112 valence electrons. The Morgan fingerprint density at radius 1 is 1.48 bits per heavy atom. The van der Waals surface area contributed by atoms with Crippen molar-refractivity contribution in [3.8, 4) is 0 Å². The largest absolute Gasteiger partial charge is 0.335 e. The molecule has 0 bridgehead atoms. The molecule has 2 aromatic rings. The van der Waals surface area contributed by atoms with Crippen molar-refractivity contribution in [1.82, 2.24) is 15.1 Å². The topological polar surface area (TPSA) is 106 Å². The fourth-order valence-electron chi connectivity index (χ4n) is 2.49. The number of nitrogens with zero attached hydrogens (tertiary/aromatic N) is 4. The summed E-state index contributed by atoms with van der Waals surface area (Å²) < 4.78 is 27.3. The number of carbonyl (C=O) groups is 1. The van der Waals surface area contributed by atoms with Gasteiger partial charge in [-0.3, -0.25) is 9.69 Å². The lowest BCUT2D eigenvalue weighted by atomic mass is 10.1. The Bertz CT molecular complexity index is 819. The molecule has 21 heavy (non-hydrogen) atoms. The smallest absolute Gasteiger partial charge is 0.263 e. The van der Waals surface area contributed by atoms with Crippen LogP contribution < -0.4 is 4.90 Å². The van der Waals surface area contributed by atoms with E-state index in [0.717, 1.165) is 0 Å². The third-order valence-electron chi connectivity index (χ3n) is 3.32. The molecule has 1 saturated heterocycles. The Morgan fingerprint density at radius 2 is 2.24 bits per heavy atom. The van der Waals surface area contributed by atoms with Gasteiger partial charge in [0.1, 0.15) is 11.7 Å². The van der Waals surface area contributed by atoms with Gasteiger partial charge in [0, 0.05) is 29.6 Å². The number of aromatic nitrogens is 3. The summed E-state index contributed by atoms with van der Waals surface area (Å²) in [5.74, 6) is -0.419. The van der Waals surface area contributed by atoms with Crippen molar-refractivity contribution >= 4 is 42.6 Å². The maximum absolute atomic E-state index is 12.1. The molecule has 0 aromatic carbocycles. The molecule has 0 aliphatic carbocycles. The lowest BCUT2D eigenvalue weighted by Gasteiger charge is -2.15. The second-order valence-corrected chi connectivity index (χ2v) is 7.75. The third-order valence-corrected chi connectivity index (χ3v) is 4.57. The Labute approximate surface area is 124 Å². The summed E-state index contributed by atoms with van der Waals surface area (Å²) in [5.41, 5.74) is 0.862. The molecule has 0 N–H and O–H groups in total. The number of aryl methyl sites for hydroxylation is 1. The molecule has 1 aliphatic rings. The number of anilines is 1. The molecule has 1 amide bonds. The normalized spacial score (nSPS) is 19.6. The molecule has 1 aliphatic heterocycles. The second kappa shape index (κ2) is 4.92. The van der Waals surface area contributed by atoms with E-state index in [0.29, 0.717) is 22.6 Å². The summed E-state index contributed by atoms with van der Waals surface area (Å²) >= 11 is 0. The van der Waals surface area contributed by atoms with Gasteiger partial charge in [-0.25, -0.2) is 13.4 Å². The number of carbonyl (C=O) groups excluding carboxylic acids is 1. The van der Waals surface area contributed by atoms with Crippen LogP contribution in [0.4, 0.5) is 5.82 Å². The zero-order valence-electron chi connectivity index (χ0n) is 11.0. The van der Waals surface area contributed by atoms with Crippen molar-refractivity contribution in [2.75, 3.05) is 17.2 Å². The van der Waals surface area contributed by atoms with Gasteiger partial charge >= 0.3 is 0 Å². The van der Waals surface area contributed by atoms with Crippen molar-refractivity contribution in [3.63, 3.8) is 0 Å². The van der Waals surface area contributed by atoms with Crippen molar-refractivity contribution in [2.24, 2.45) is 5.92 Å². The van der Waals surface area contributed by atoms with Gasteiger partial charge in [0.05, 0.1) is 11.4 Å². The lowest BCUT2D eigenvalue weighted by Crippen LogP contribution is -2.26. The van der Waals surface area contributed by atoms with E-state index in [4.69, 9.17) is 15.2 Å². The highest BCUT2D eigenvalue weighted by molar-refractivity contribution is 8.13. The van der Waals surface area contributed by atoms with E-state index >= 15 is 0 Å². The predicted octanol–water partition coefficient (Wildman–Crippen LogP) is 0.848. The van der Waals surface area contributed by atoms with Gasteiger partial charge in [-0.1, -0.05) is 5.16 Å². The van der Waals surface area contributed by atoms with Gasteiger partial charge in [0.25, 0.3) is 5.71 Å². The Balaban J connectivity index is 1.96. The number of amides is 1. The molecule has 0 spiro atoms. The molecule has 1 unspecified atom stereocenters. The fourth-order valence-corrected chi connectivity index (χ4v) is 3.81. The highest BCUT2D eigenvalue weighted by atomic mass is 35.7. The van der Waals surface area contributed by atoms with Crippen LogP contribution in [0.1, 0.15) is 12.1 Å². The minimum absolute atomic E-state index is 0.113. The Kier molecular flexibility index (Phi) is 3.33. The zero-order valence-corrected chi connectivity index (χ0v) is 12.6. The average Bonchev–Trinajstić information content (AvgIpc) is 2.91. The number of fused-ring (bicyclic) bond motifs is 1. The molecule has 0 radical (unpaired) electrons. The molecule has 8 nitrogen and oxygen atoms in total. The van der Waals surface area contributed by atoms with Gasteiger partial charge in [-0.15, -0.1) is 0 Å². The van der Waals surface area contributed by atoms with E-state index in [-0.39, 0.29) is 30.5 Å². The van der Waals surface area contributed by atoms with Crippen LogP contribution in [0.2, 0.25) is 0 Å². The quantitative estimate of drug-likeness (QED) is 0.768. The molecule has 10 heteroatoms. The minimum atomic E-state index is -3.65. The Morgan fingerprint density at radius 3 is 2.95 bits per heavy atom. The maximum Gasteiger partial charge on any atom is 0.263 e. The van der Waals surface area contributed by atoms with Crippen molar-refractivity contribution in [1.29, 1.82) is 0 Å². The van der Waals surface area contributed by atoms with E-state index < -0.39 is 9.05 Å². The standard InChI is InChI=1S/C11H11ClN4O4S/c1-6-9-10(13-5-14-11(9)20-15-6)16-3-7(2-8(16)17)4-21(12,18)19/h5,7H,2-4H2,1H3. The van der Waals surface area contributed by atoms with Crippen LogP contribution in [0, 0.1) is 12.8 Å². The van der Waals surface area contributed by atoms with Crippen molar-refractivity contribution in [3.05, 3.63) is 12.0 Å². The second-order valence-electron chi connectivity index (χ2n) is 4.93. The summed E-state index contributed by atoms with van der Waals surface area (Å²) in [6.45, 7) is 1.96. The van der Waals surface area contributed by atoms with E-state index in [1.807, 2.05) is 0 Å². The maximum atomic E-state index is 12.1. The van der Waals surface area contributed by atoms with E-state index in [2.05, 4.69) is 15.1 Å². The molecule has 1 fully saturated rings. The number of hydrogen-bond acceptors (Lipinski definition) is 7. The van der Waals surface area contributed by atoms with E-state index in [1.165, 1.54) is 11.2 Å². The first-order chi connectivity index (χ1) is 9.85. The summed E-state index contributed by atoms with van der Waals surface area (Å²) in [7, 11) is 1.60. The van der Waals surface area contributed by atoms with Crippen LogP contribution in [-0.2, 0) is 13.8 Å². The predicted molar refractivity (Wildman–Crippen MR) is 74.4 cm³/mol. The summed E-state index contributed by atoms with van der Waals surface area (Å²) in [4.78, 5) is 21.6. The summed E-state index contributed by atoms with van der Waals surface area (Å²) in [6, 6.07) is 0. The van der Waals surface area contributed by atoms with E-state index in [1.54, 1.807) is 6.92 Å². The third kappa shape index (κ3) is 2.70. The van der Waals surface area contributed by atoms with Crippen LogP contribution in [0.25, 0.3) is 11.1 Å². The Hall–Kier alpha value is -1.74. The van der Waals surface area contributed by atoms with Gasteiger partial charge in [-0.05, 0) is 6.92 Å². The lowest BCUT2D eigenvalue weighted by molar-refractivity contribution is -0.117. The van der Waals surface area contributed by atoms with Crippen LogP contribution >= 0.6 is 10.7 Å². The molecular weight excluding hydrogens is 320 g/mol. The van der Waals surface area contributed by atoms with Crippen molar-refractivity contribution in [2.45, 2.75) is 13.3 Å². The number of rotatable bonds is 3. The van der Waals surface area contributed by atoms with Gasteiger partial charge < -0.3 is 4.52 Å². The van der Waals surface area contributed by atoms with Gasteiger partial charge in [0.15, 0.2) is 5.82 Å². The minimum Gasteiger partial charge on any atom is -0.335 e. The first-order valence-corrected chi connectivity index (χ1v) is 8.62. The molecule has 1 atom stereocenters. The highest BCUT2D eigenvalue weighted by Crippen LogP contribution is 2.31. The number of hydrogen-bond donors (Lipinski definition) is 0. The first-order valence-electron chi connectivity index (χ1n) is 6.15. The molecule has 0 saturated carbocycles.